The molecule has 0 spiro atoms. The van der Waals surface area contributed by atoms with Crippen LogP contribution >= 0.6 is 0 Å². The fraction of sp³-hybridized carbons (Fsp3) is 0.312. The van der Waals surface area contributed by atoms with Gasteiger partial charge in [-0.1, -0.05) is 0 Å². The number of halogens is 2. The Hall–Kier alpha value is -2.97. The van der Waals surface area contributed by atoms with Gasteiger partial charge in [-0.2, -0.15) is 0 Å². The smallest absolute Gasteiger partial charge is 0.325 e. The number of hydrogen-bond donors (Lipinski definition) is 2. The number of methoxy groups -OCH3 is 1. The van der Waals surface area contributed by atoms with Gasteiger partial charge in [-0.15, -0.1) is 0 Å². The number of aromatic nitrogens is 2. The summed E-state index contributed by atoms with van der Waals surface area (Å²) in [6.07, 6.45) is 1.93. The van der Waals surface area contributed by atoms with Crippen LogP contribution in [0.3, 0.4) is 0 Å². The molecule has 3 rings (SSSR count). The number of fused-ring (bicyclic) bond motifs is 1. The molecule has 2 aromatic rings. The molecule has 0 fully saturated rings. The van der Waals surface area contributed by atoms with Crippen molar-refractivity contribution in [1.29, 1.82) is 0 Å². The predicted molar refractivity (Wildman–Crippen MR) is 82.6 cm³/mol. The summed E-state index contributed by atoms with van der Waals surface area (Å²) in [5, 5.41) is 2.42. The van der Waals surface area contributed by atoms with Crippen LogP contribution < -0.4 is 5.32 Å². The Kier molecular flexibility index (Phi) is 4.64. The topological polar surface area (TPSA) is 87.3 Å². The minimum absolute atomic E-state index is 0.00117. The number of esters is 1. The lowest BCUT2D eigenvalue weighted by Gasteiger charge is -2.35. The van der Waals surface area contributed by atoms with Crippen LogP contribution in [0.15, 0.2) is 24.5 Å². The predicted octanol–water partition coefficient (Wildman–Crippen LogP) is 1.52. The third kappa shape index (κ3) is 3.30. The van der Waals surface area contributed by atoms with Crippen LogP contribution in [-0.4, -0.2) is 47.1 Å². The lowest BCUT2D eigenvalue weighted by molar-refractivity contribution is -0.139. The maximum absolute atomic E-state index is 14.3. The lowest BCUT2D eigenvalue weighted by Crippen LogP contribution is -2.47. The number of hydrogen-bond acceptors (Lipinski definition) is 4. The summed E-state index contributed by atoms with van der Waals surface area (Å²) in [6.45, 7) is -0.0690. The van der Waals surface area contributed by atoms with Gasteiger partial charge in [-0.3, -0.25) is 4.79 Å². The zero-order chi connectivity index (χ0) is 18.0. The van der Waals surface area contributed by atoms with Crippen LogP contribution in [0.25, 0.3) is 0 Å². The van der Waals surface area contributed by atoms with Crippen LogP contribution in [-0.2, 0) is 16.0 Å². The number of ether oxygens (including phenoxy) is 1. The second-order valence-electron chi connectivity index (χ2n) is 5.51. The van der Waals surface area contributed by atoms with Crippen molar-refractivity contribution in [3.05, 3.63) is 53.1 Å². The van der Waals surface area contributed by atoms with E-state index in [2.05, 4.69) is 20.0 Å². The molecular weight excluding hydrogens is 334 g/mol. The van der Waals surface area contributed by atoms with Crippen LogP contribution in [0.2, 0.25) is 0 Å². The number of benzene rings is 1. The fourth-order valence-electron chi connectivity index (χ4n) is 2.86. The van der Waals surface area contributed by atoms with Crippen molar-refractivity contribution in [2.45, 2.75) is 12.5 Å². The Morgan fingerprint density at radius 2 is 2.24 bits per heavy atom. The standard InChI is InChI=1S/C16H16F2N4O3/c1-25-13(23)7-19-16(24)22-5-4-12-14(21-8-20-12)15(22)10-6-9(17)2-3-11(10)18/h2-3,6,8,15H,4-5,7H2,1H3,(H,19,24)(H,20,21). The Balaban J connectivity index is 1.96. The molecule has 0 aliphatic carbocycles. The highest BCUT2D eigenvalue weighted by atomic mass is 19.1. The van der Waals surface area contributed by atoms with Crippen LogP contribution in [0.4, 0.5) is 13.6 Å². The van der Waals surface area contributed by atoms with Crippen molar-refractivity contribution >= 4 is 12.0 Å². The average molecular weight is 350 g/mol. The molecule has 1 atom stereocenters. The molecule has 132 valence electrons. The van der Waals surface area contributed by atoms with Gasteiger partial charge in [0.1, 0.15) is 24.2 Å². The average Bonchev–Trinajstić information content (AvgIpc) is 3.09. The highest BCUT2D eigenvalue weighted by Crippen LogP contribution is 2.34. The number of aromatic amines is 1. The van der Waals surface area contributed by atoms with E-state index < -0.39 is 29.7 Å². The molecule has 0 saturated heterocycles. The van der Waals surface area contributed by atoms with Crippen molar-refractivity contribution in [2.24, 2.45) is 0 Å². The number of urea groups is 1. The molecule has 2 heterocycles. The molecule has 2 amide bonds. The van der Waals surface area contributed by atoms with Gasteiger partial charge in [0.05, 0.1) is 19.1 Å². The second kappa shape index (κ2) is 6.88. The van der Waals surface area contributed by atoms with E-state index in [1.807, 2.05) is 0 Å². The number of carbonyl (C=O) groups is 2. The van der Waals surface area contributed by atoms with E-state index in [0.29, 0.717) is 12.1 Å². The van der Waals surface area contributed by atoms with Crippen LogP contribution in [0, 0.1) is 11.6 Å². The molecule has 0 saturated carbocycles. The summed E-state index contributed by atoms with van der Waals surface area (Å²) in [5.74, 6) is -1.87. The summed E-state index contributed by atoms with van der Waals surface area (Å²) < 4.78 is 32.5. The van der Waals surface area contributed by atoms with Crippen molar-refractivity contribution in [1.82, 2.24) is 20.2 Å². The van der Waals surface area contributed by atoms with Crippen molar-refractivity contribution in [3.8, 4) is 0 Å². The van der Waals surface area contributed by atoms with Gasteiger partial charge < -0.3 is 19.9 Å². The normalized spacial score (nSPS) is 16.3. The molecule has 0 bridgehead atoms. The van der Waals surface area contributed by atoms with Gasteiger partial charge in [-0.25, -0.2) is 18.6 Å². The van der Waals surface area contributed by atoms with Gasteiger partial charge in [0.2, 0.25) is 0 Å². The molecule has 0 radical (unpaired) electrons. The van der Waals surface area contributed by atoms with E-state index in [0.717, 1.165) is 23.9 Å². The first-order chi connectivity index (χ1) is 12.0. The molecule has 1 aliphatic heterocycles. The van der Waals surface area contributed by atoms with E-state index in [1.54, 1.807) is 0 Å². The van der Waals surface area contributed by atoms with E-state index in [1.165, 1.54) is 18.3 Å². The van der Waals surface area contributed by atoms with E-state index >= 15 is 0 Å². The zero-order valence-corrected chi connectivity index (χ0v) is 13.4. The summed E-state index contributed by atoms with van der Waals surface area (Å²) in [7, 11) is 1.20. The molecule has 25 heavy (non-hydrogen) atoms. The number of rotatable bonds is 3. The number of nitrogens with zero attached hydrogens (tertiary/aromatic N) is 2. The number of carbonyl (C=O) groups excluding carboxylic acids is 2. The first-order valence-electron chi connectivity index (χ1n) is 7.59. The number of amides is 2. The van der Waals surface area contributed by atoms with E-state index in [9.17, 15) is 18.4 Å². The maximum atomic E-state index is 14.3. The second-order valence-corrected chi connectivity index (χ2v) is 5.51. The SMILES string of the molecule is COC(=O)CNC(=O)N1CCc2[nH]cnc2C1c1cc(F)ccc1F. The van der Waals surface area contributed by atoms with Gasteiger partial charge in [0.15, 0.2) is 0 Å². The van der Waals surface area contributed by atoms with Gasteiger partial charge >= 0.3 is 12.0 Å². The van der Waals surface area contributed by atoms with E-state index in [-0.39, 0.29) is 18.7 Å². The largest absolute Gasteiger partial charge is 0.468 e. The third-order valence-electron chi connectivity index (χ3n) is 4.05. The minimum Gasteiger partial charge on any atom is -0.468 e. The van der Waals surface area contributed by atoms with Gasteiger partial charge in [0, 0.05) is 24.2 Å². The van der Waals surface area contributed by atoms with E-state index in [4.69, 9.17) is 0 Å². The summed E-state index contributed by atoms with van der Waals surface area (Å²) in [5.41, 5.74) is 1.20. The number of H-pyrrole nitrogens is 1. The van der Waals surface area contributed by atoms with Crippen molar-refractivity contribution in [3.63, 3.8) is 0 Å². The first-order valence-corrected chi connectivity index (χ1v) is 7.59. The zero-order valence-electron chi connectivity index (χ0n) is 13.4. The Labute approximate surface area is 142 Å². The Bertz CT molecular complexity index is 808. The molecule has 1 unspecified atom stereocenters. The maximum Gasteiger partial charge on any atom is 0.325 e. The van der Waals surface area contributed by atoms with Crippen molar-refractivity contribution in [2.75, 3.05) is 20.2 Å². The Morgan fingerprint density at radius 1 is 1.44 bits per heavy atom. The molecule has 1 aromatic heterocycles. The molecule has 2 N–H and O–H groups in total. The molecule has 1 aromatic carbocycles. The quantitative estimate of drug-likeness (QED) is 0.822. The van der Waals surface area contributed by atoms with Gasteiger partial charge in [-0.05, 0) is 18.2 Å². The summed E-state index contributed by atoms with van der Waals surface area (Å²) in [6, 6.07) is 1.58. The highest BCUT2D eigenvalue weighted by molar-refractivity contribution is 5.81. The molecular formula is C16H16F2N4O3. The van der Waals surface area contributed by atoms with Crippen LogP contribution in [0.1, 0.15) is 23.0 Å². The minimum atomic E-state index is -0.900. The molecule has 1 aliphatic rings. The molecule has 9 heteroatoms. The van der Waals surface area contributed by atoms with Gasteiger partial charge in [0.25, 0.3) is 0 Å². The number of nitrogens with one attached hydrogen (secondary N) is 2. The first kappa shape index (κ1) is 16.9. The fourth-order valence-corrected chi connectivity index (χ4v) is 2.86. The monoisotopic (exact) mass is 350 g/mol. The highest BCUT2D eigenvalue weighted by Gasteiger charge is 2.36. The summed E-state index contributed by atoms with van der Waals surface area (Å²) >= 11 is 0. The van der Waals surface area contributed by atoms with Crippen molar-refractivity contribution < 1.29 is 23.1 Å². The molecule has 7 nitrogen and oxygen atoms in total. The van der Waals surface area contributed by atoms with Crippen LogP contribution in [0.5, 0.6) is 0 Å². The Morgan fingerprint density at radius 3 is 3.00 bits per heavy atom. The summed E-state index contributed by atoms with van der Waals surface area (Å²) in [4.78, 5) is 32.2. The third-order valence-corrected chi connectivity index (χ3v) is 4.05. The number of imidazole rings is 1. The lowest BCUT2D eigenvalue weighted by atomic mass is 9.95.